The van der Waals surface area contributed by atoms with Crippen molar-refractivity contribution in [1.29, 1.82) is 0 Å². The van der Waals surface area contributed by atoms with Crippen molar-refractivity contribution in [3.63, 3.8) is 0 Å². The molecule has 11 heteroatoms. The number of carbonyl (C=O) groups is 1. The molecule has 1 saturated heterocycles. The number of sulfonamides is 1. The van der Waals surface area contributed by atoms with Gasteiger partial charge in [0.15, 0.2) is 9.84 Å². The molecule has 1 fully saturated rings. The highest BCUT2D eigenvalue weighted by atomic mass is 32.2. The van der Waals surface area contributed by atoms with Crippen LogP contribution in [0.15, 0.2) is 52.3 Å². The van der Waals surface area contributed by atoms with Crippen LogP contribution in [0.4, 0.5) is 14.9 Å². The van der Waals surface area contributed by atoms with E-state index < -0.39 is 31.8 Å². The number of hydrogen-bond donors (Lipinski definition) is 0. The summed E-state index contributed by atoms with van der Waals surface area (Å²) in [5.41, 5.74) is 1.11. The Labute approximate surface area is 180 Å². The van der Waals surface area contributed by atoms with Gasteiger partial charge in [-0.3, -0.25) is 4.90 Å². The monoisotopic (exact) mass is 468 g/mol. The molecule has 0 aromatic heterocycles. The molecule has 0 aliphatic carbocycles. The van der Waals surface area contributed by atoms with Crippen LogP contribution in [-0.2, 0) is 31.2 Å². The van der Waals surface area contributed by atoms with E-state index in [-0.39, 0.29) is 35.5 Å². The maximum absolute atomic E-state index is 13.5. The van der Waals surface area contributed by atoms with Gasteiger partial charge in [-0.2, -0.15) is 4.31 Å². The highest BCUT2D eigenvalue weighted by Crippen LogP contribution is 2.34. The second kappa shape index (κ2) is 7.88. The Morgan fingerprint density at radius 1 is 1.00 bits per heavy atom. The van der Waals surface area contributed by atoms with Crippen molar-refractivity contribution < 1.29 is 30.8 Å². The zero-order chi connectivity index (χ0) is 22.4. The standard InChI is InChI=1S/C20H21FN2O6S2/c1-30(25,26)18-4-2-3-5-19(18)31(27,28)22-10-8-16(9-11-22)23-17-7-6-15(21)12-14(17)13-29-20(23)24/h2-7,12,16H,8-11,13H2,1H3. The van der Waals surface area contributed by atoms with Crippen LogP contribution in [0.25, 0.3) is 0 Å². The van der Waals surface area contributed by atoms with Gasteiger partial charge in [0.05, 0.1) is 10.6 Å². The number of carbonyl (C=O) groups excluding carboxylic acids is 1. The van der Waals surface area contributed by atoms with Crippen molar-refractivity contribution in [2.75, 3.05) is 24.2 Å². The van der Waals surface area contributed by atoms with Crippen LogP contribution >= 0.6 is 0 Å². The lowest BCUT2D eigenvalue weighted by atomic mass is 10.0. The summed E-state index contributed by atoms with van der Waals surface area (Å²) < 4.78 is 70.3. The number of benzene rings is 2. The third-order valence-electron chi connectivity index (χ3n) is 5.50. The number of sulfone groups is 1. The number of nitrogens with zero attached hydrogens (tertiary/aromatic N) is 2. The van der Waals surface area contributed by atoms with Gasteiger partial charge in [-0.1, -0.05) is 12.1 Å². The molecular weight excluding hydrogens is 447 g/mol. The number of ether oxygens (including phenoxy) is 1. The maximum atomic E-state index is 13.5. The summed E-state index contributed by atoms with van der Waals surface area (Å²) in [6.07, 6.45) is 1.07. The van der Waals surface area contributed by atoms with E-state index in [1.54, 1.807) is 0 Å². The first kappa shape index (κ1) is 21.7. The van der Waals surface area contributed by atoms with Gasteiger partial charge in [0.25, 0.3) is 0 Å². The molecule has 0 unspecified atom stereocenters. The molecule has 4 rings (SSSR count). The molecule has 0 saturated carbocycles. The van der Waals surface area contributed by atoms with Crippen LogP contribution in [-0.4, -0.2) is 52.6 Å². The van der Waals surface area contributed by atoms with Gasteiger partial charge in [-0.25, -0.2) is 26.0 Å². The third-order valence-corrected chi connectivity index (χ3v) is 8.74. The third kappa shape index (κ3) is 4.04. The van der Waals surface area contributed by atoms with Crippen LogP contribution in [0, 0.1) is 5.82 Å². The fourth-order valence-corrected chi connectivity index (χ4v) is 7.08. The highest BCUT2D eigenvalue weighted by molar-refractivity contribution is 7.93. The number of cyclic esters (lactones) is 1. The van der Waals surface area contributed by atoms with Crippen molar-refractivity contribution in [2.45, 2.75) is 35.3 Å². The summed E-state index contributed by atoms with van der Waals surface area (Å²) in [7, 11) is -7.77. The summed E-state index contributed by atoms with van der Waals surface area (Å²) in [6.45, 7) is 0.189. The molecule has 166 valence electrons. The predicted octanol–water partition coefficient (Wildman–Crippen LogP) is 2.54. The molecule has 0 bridgehead atoms. The van der Waals surface area contributed by atoms with Gasteiger partial charge in [-0.15, -0.1) is 0 Å². The highest BCUT2D eigenvalue weighted by Gasteiger charge is 2.38. The molecule has 2 aliphatic heterocycles. The topological polar surface area (TPSA) is 101 Å². The van der Waals surface area contributed by atoms with Crippen LogP contribution in [0.5, 0.6) is 0 Å². The normalized spacial score (nSPS) is 18.5. The van der Waals surface area contributed by atoms with Crippen LogP contribution < -0.4 is 4.90 Å². The minimum absolute atomic E-state index is 0.0159. The van der Waals surface area contributed by atoms with Crippen molar-refractivity contribution in [1.82, 2.24) is 4.31 Å². The van der Waals surface area contributed by atoms with Crippen molar-refractivity contribution in [2.24, 2.45) is 0 Å². The van der Waals surface area contributed by atoms with Gasteiger partial charge in [0.2, 0.25) is 10.0 Å². The van der Waals surface area contributed by atoms with Crippen LogP contribution in [0.2, 0.25) is 0 Å². The Bertz CT molecular complexity index is 1240. The minimum atomic E-state index is -4.04. The number of anilines is 1. The summed E-state index contributed by atoms with van der Waals surface area (Å²) in [6, 6.07) is 9.30. The average molecular weight is 469 g/mol. The van der Waals surface area contributed by atoms with Gasteiger partial charge in [0.1, 0.15) is 17.3 Å². The van der Waals surface area contributed by atoms with Crippen molar-refractivity contribution >= 4 is 31.6 Å². The molecule has 1 amide bonds. The number of halogens is 1. The summed E-state index contributed by atoms with van der Waals surface area (Å²) >= 11 is 0. The van der Waals surface area contributed by atoms with E-state index in [9.17, 15) is 26.0 Å². The second-order valence-corrected chi connectivity index (χ2v) is 11.4. The van der Waals surface area contributed by atoms with E-state index in [0.717, 1.165) is 6.26 Å². The SMILES string of the molecule is CS(=O)(=O)c1ccccc1S(=O)(=O)N1CCC(N2C(=O)OCc3cc(F)ccc32)CC1. The zero-order valence-electron chi connectivity index (χ0n) is 16.7. The fourth-order valence-electron chi connectivity index (χ4n) is 4.01. The molecular formula is C20H21FN2O6S2. The quantitative estimate of drug-likeness (QED) is 0.684. The van der Waals surface area contributed by atoms with E-state index >= 15 is 0 Å². The van der Waals surface area contributed by atoms with Gasteiger partial charge in [-0.05, 0) is 43.2 Å². The zero-order valence-corrected chi connectivity index (χ0v) is 18.3. The number of piperidine rings is 1. The summed E-state index contributed by atoms with van der Waals surface area (Å²) in [4.78, 5) is 13.4. The minimum Gasteiger partial charge on any atom is -0.444 e. The molecule has 2 heterocycles. The van der Waals surface area contributed by atoms with E-state index in [2.05, 4.69) is 0 Å². The first-order chi connectivity index (χ1) is 14.6. The van der Waals surface area contributed by atoms with E-state index in [0.29, 0.717) is 24.1 Å². The maximum Gasteiger partial charge on any atom is 0.414 e. The van der Waals surface area contributed by atoms with Crippen LogP contribution in [0.1, 0.15) is 18.4 Å². The molecule has 2 aliphatic rings. The smallest absolute Gasteiger partial charge is 0.414 e. The number of rotatable bonds is 4. The molecule has 31 heavy (non-hydrogen) atoms. The largest absolute Gasteiger partial charge is 0.444 e. The summed E-state index contributed by atoms with van der Waals surface area (Å²) in [5.74, 6) is -0.429. The number of amides is 1. The lowest BCUT2D eigenvalue weighted by Crippen LogP contribution is -2.50. The summed E-state index contributed by atoms with van der Waals surface area (Å²) in [5, 5.41) is 0. The number of hydrogen-bond acceptors (Lipinski definition) is 6. The van der Waals surface area contributed by atoms with Crippen molar-refractivity contribution in [3.05, 3.63) is 53.8 Å². The van der Waals surface area contributed by atoms with E-state index in [4.69, 9.17) is 4.74 Å². The Morgan fingerprint density at radius 3 is 2.29 bits per heavy atom. The first-order valence-corrected chi connectivity index (χ1v) is 13.0. The predicted molar refractivity (Wildman–Crippen MR) is 110 cm³/mol. The molecule has 0 radical (unpaired) electrons. The molecule has 0 spiro atoms. The van der Waals surface area contributed by atoms with E-state index in [1.807, 2.05) is 0 Å². The molecule has 2 aromatic rings. The van der Waals surface area contributed by atoms with Gasteiger partial charge in [0, 0.05) is 31.0 Å². The average Bonchev–Trinajstić information content (AvgIpc) is 2.73. The Morgan fingerprint density at radius 2 is 1.65 bits per heavy atom. The molecule has 0 N–H and O–H groups in total. The molecule has 2 aromatic carbocycles. The second-order valence-electron chi connectivity index (χ2n) is 7.55. The lowest BCUT2D eigenvalue weighted by Gasteiger charge is -2.39. The Kier molecular flexibility index (Phi) is 5.52. The van der Waals surface area contributed by atoms with Gasteiger partial charge < -0.3 is 4.74 Å². The van der Waals surface area contributed by atoms with Gasteiger partial charge >= 0.3 is 6.09 Å². The Balaban J connectivity index is 1.57. The Hall–Kier alpha value is -2.50. The van der Waals surface area contributed by atoms with E-state index in [1.165, 1.54) is 51.7 Å². The lowest BCUT2D eigenvalue weighted by molar-refractivity contribution is 0.135. The van der Waals surface area contributed by atoms with Crippen molar-refractivity contribution in [3.8, 4) is 0 Å². The van der Waals surface area contributed by atoms with Crippen LogP contribution in [0.3, 0.4) is 0 Å². The number of fused-ring (bicyclic) bond motifs is 1. The fraction of sp³-hybridized carbons (Fsp3) is 0.350. The first-order valence-electron chi connectivity index (χ1n) is 9.62. The molecule has 0 atom stereocenters. The molecule has 8 nitrogen and oxygen atoms in total.